The number of rotatable bonds is 5. The highest BCUT2D eigenvalue weighted by molar-refractivity contribution is 7.80. The van der Waals surface area contributed by atoms with Crippen LogP contribution in [0.25, 0.3) is 0 Å². The van der Waals surface area contributed by atoms with Crippen LogP contribution < -0.4 is 10.1 Å². The Morgan fingerprint density at radius 1 is 0.969 bits per heavy atom. The van der Waals surface area contributed by atoms with Crippen LogP contribution in [-0.2, 0) is 5.60 Å². The van der Waals surface area contributed by atoms with Crippen LogP contribution in [0.1, 0.15) is 29.5 Å². The summed E-state index contributed by atoms with van der Waals surface area (Å²) in [5.41, 5.74) is 2.88. The number of hydrogen-bond donors (Lipinski definition) is 2. The molecule has 3 aromatic rings. The Morgan fingerprint density at radius 2 is 1.53 bits per heavy atom. The lowest BCUT2D eigenvalue weighted by atomic mass is 9.72. The zero-order valence-electron chi connectivity index (χ0n) is 18.6. The number of anilines is 1. The second kappa shape index (κ2) is 9.72. The Bertz CT molecular complexity index is 1010. The summed E-state index contributed by atoms with van der Waals surface area (Å²) in [5.74, 6) is 0.871. The summed E-state index contributed by atoms with van der Waals surface area (Å²) in [6.07, 6.45) is 1.68. The fourth-order valence-corrected chi connectivity index (χ4v) is 4.93. The molecule has 3 aromatic carbocycles. The lowest BCUT2D eigenvalue weighted by molar-refractivity contribution is -0.00631. The van der Waals surface area contributed by atoms with Crippen molar-refractivity contribution >= 4 is 23.0 Å². The summed E-state index contributed by atoms with van der Waals surface area (Å²) >= 11 is 5.72. The van der Waals surface area contributed by atoms with Crippen LogP contribution in [0.2, 0.25) is 0 Å². The minimum atomic E-state index is -1.02. The van der Waals surface area contributed by atoms with Gasteiger partial charge >= 0.3 is 0 Å². The first-order valence-corrected chi connectivity index (χ1v) is 11.5. The first-order chi connectivity index (χ1) is 15.5. The van der Waals surface area contributed by atoms with Gasteiger partial charge in [-0.2, -0.15) is 0 Å². The zero-order valence-corrected chi connectivity index (χ0v) is 19.4. The predicted octanol–water partition coefficient (Wildman–Crippen LogP) is 5.35. The van der Waals surface area contributed by atoms with E-state index in [0.717, 1.165) is 54.1 Å². The Balaban J connectivity index is 1.50. The number of aryl methyl sites for hydroxylation is 1. The molecule has 0 aliphatic carbocycles. The van der Waals surface area contributed by atoms with Gasteiger partial charge in [-0.15, -0.1) is 0 Å². The SMILES string of the molecule is COc1ccc(C)cc1NC(=S)N1CCC(C(O)(c2ccccc2)c2ccccc2)CC1. The van der Waals surface area contributed by atoms with Gasteiger partial charge in [0, 0.05) is 13.1 Å². The standard InChI is InChI=1S/C27H30N2O2S/c1-20-13-14-25(31-2)24(19-20)28-26(32)29-17-15-23(16-18-29)27(30,21-9-5-3-6-10-21)22-11-7-4-8-12-22/h3-14,19,23,30H,15-18H2,1-2H3,(H,28,32). The van der Waals surface area contributed by atoms with E-state index in [1.54, 1.807) is 7.11 Å². The molecule has 5 heteroatoms. The molecule has 4 nitrogen and oxygen atoms in total. The third-order valence-electron chi connectivity index (χ3n) is 6.40. The Hall–Kier alpha value is -2.89. The van der Waals surface area contributed by atoms with Crippen LogP contribution in [0.15, 0.2) is 78.9 Å². The van der Waals surface area contributed by atoms with E-state index in [0.29, 0.717) is 5.11 Å². The Kier molecular flexibility index (Phi) is 6.77. The second-order valence-corrected chi connectivity index (χ2v) is 8.78. The molecule has 32 heavy (non-hydrogen) atoms. The summed E-state index contributed by atoms with van der Waals surface area (Å²) in [4.78, 5) is 2.18. The summed E-state index contributed by atoms with van der Waals surface area (Å²) in [6.45, 7) is 3.62. The molecule has 0 saturated carbocycles. The van der Waals surface area contributed by atoms with Crippen molar-refractivity contribution < 1.29 is 9.84 Å². The van der Waals surface area contributed by atoms with Gasteiger partial charge in [0.25, 0.3) is 0 Å². The molecule has 2 N–H and O–H groups in total. The smallest absolute Gasteiger partial charge is 0.173 e. The van der Waals surface area contributed by atoms with Crippen molar-refractivity contribution in [1.82, 2.24) is 4.90 Å². The second-order valence-electron chi connectivity index (χ2n) is 8.39. The van der Waals surface area contributed by atoms with Crippen molar-refractivity contribution in [2.75, 3.05) is 25.5 Å². The highest BCUT2D eigenvalue weighted by Crippen LogP contribution is 2.42. The zero-order chi connectivity index (χ0) is 22.6. The van der Waals surface area contributed by atoms with Gasteiger partial charge in [0.1, 0.15) is 11.4 Å². The van der Waals surface area contributed by atoms with E-state index in [2.05, 4.69) is 10.2 Å². The molecule has 1 heterocycles. The van der Waals surface area contributed by atoms with E-state index in [-0.39, 0.29) is 5.92 Å². The van der Waals surface area contributed by atoms with Crippen LogP contribution in [0.3, 0.4) is 0 Å². The lowest BCUT2D eigenvalue weighted by Gasteiger charge is -2.43. The van der Waals surface area contributed by atoms with Crippen LogP contribution >= 0.6 is 12.2 Å². The number of aliphatic hydroxyl groups is 1. The van der Waals surface area contributed by atoms with Crippen LogP contribution in [0.5, 0.6) is 5.75 Å². The molecule has 0 bridgehead atoms. The molecule has 1 aliphatic rings. The number of nitrogens with one attached hydrogen (secondary N) is 1. The monoisotopic (exact) mass is 446 g/mol. The van der Waals surface area contributed by atoms with Crippen molar-refractivity contribution in [2.24, 2.45) is 5.92 Å². The van der Waals surface area contributed by atoms with Crippen molar-refractivity contribution in [3.05, 3.63) is 95.6 Å². The molecule has 0 atom stereocenters. The molecule has 0 amide bonds. The number of methoxy groups -OCH3 is 1. The molecular formula is C27H30N2O2S. The molecular weight excluding hydrogens is 416 g/mol. The summed E-state index contributed by atoms with van der Waals surface area (Å²) in [6, 6.07) is 26.1. The lowest BCUT2D eigenvalue weighted by Crippen LogP contribution is -2.47. The van der Waals surface area contributed by atoms with Crippen molar-refractivity contribution in [2.45, 2.75) is 25.4 Å². The van der Waals surface area contributed by atoms with Crippen molar-refractivity contribution in [3.63, 3.8) is 0 Å². The number of ether oxygens (including phenoxy) is 1. The molecule has 0 spiro atoms. The predicted molar refractivity (Wildman–Crippen MR) is 134 cm³/mol. The molecule has 166 valence electrons. The van der Waals surface area contributed by atoms with Gasteiger partial charge in [-0.25, -0.2) is 0 Å². The third-order valence-corrected chi connectivity index (χ3v) is 6.76. The maximum absolute atomic E-state index is 12.1. The topological polar surface area (TPSA) is 44.7 Å². The fourth-order valence-electron chi connectivity index (χ4n) is 4.64. The molecule has 0 radical (unpaired) electrons. The highest BCUT2D eigenvalue weighted by Gasteiger charge is 2.41. The first-order valence-electron chi connectivity index (χ1n) is 11.1. The molecule has 0 aromatic heterocycles. The maximum Gasteiger partial charge on any atom is 0.173 e. The van der Waals surface area contributed by atoms with E-state index >= 15 is 0 Å². The van der Waals surface area contributed by atoms with Crippen LogP contribution in [0, 0.1) is 12.8 Å². The Morgan fingerprint density at radius 3 is 2.06 bits per heavy atom. The fraction of sp³-hybridized carbons (Fsp3) is 0.296. The van der Waals surface area contributed by atoms with E-state index < -0.39 is 5.60 Å². The maximum atomic E-state index is 12.1. The normalized spacial score (nSPS) is 14.8. The minimum absolute atomic E-state index is 0.0971. The molecule has 1 aliphatic heterocycles. The van der Waals surface area contributed by atoms with Gasteiger partial charge in [-0.3, -0.25) is 0 Å². The van der Waals surface area contributed by atoms with Gasteiger partial charge in [0.05, 0.1) is 12.8 Å². The van der Waals surface area contributed by atoms with Gasteiger partial charge in [-0.05, 0) is 66.7 Å². The number of thiocarbonyl (C=S) groups is 1. The van der Waals surface area contributed by atoms with Gasteiger partial charge in [0.15, 0.2) is 5.11 Å². The number of piperidine rings is 1. The Labute approximate surface area is 195 Å². The van der Waals surface area contributed by atoms with Gasteiger partial charge in [-0.1, -0.05) is 66.7 Å². The van der Waals surface area contributed by atoms with E-state index in [1.165, 1.54) is 0 Å². The molecule has 1 saturated heterocycles. The van der Waals surface area contributed by atoms with Crippen LogP contribution in [-0.4, -0.2) is 35.3 Å². The third kappa shape index (κ3) is 4.50. The highest BCUT2D eigenvalue weighted by atomic mass is 32.1. The van der Waals surface area contributed by atoms with Crippen molar-refractivity contribution in [1.29, 1.82) is 0 Å². The number of nitrogens with zero attached hydrogens (tertiary/aromatic N) is 1. The number of likely N-dealkylation sites (tertiary alicyclic amines) is 1. The van der Waals surface area contributed by atoms with Crippen LogP contribution in [0.4, 0.5) is 5.69 Å². The average Bonchev–Trinajstić information content (AvgIpc) is 2.85. The van der Waals surface area contributed by atoms with Crippen molar-refractivity contribution in [3.8, 4) is 5.75 Å². The summed E-state index contributed by atoms with van der Waals surface area (Å²) in [5, 5.41) is 16.1. The quantitative estimate of drug-likeness (QED) is 0.518. The van der Waals surface area contributed by atoms with Gasteiger partial charge < -0.3 is 20.1 Å². The number of benzene rings is 3. The molecule has 0 unspecified atom stereocenters. The minimum Gasteiger partial charge on any atom is -0.495 e. The summed E-state index contributed by atoms with van der Waals surface area (Å²) in [7, 11) is 1.67. The first kappa shape index (κ1) is 22.3. The summed E-state index contributed by atoms with van der Waals surface area (Å²) < 4.78 is 5.47. The largest absolute Gasteiger partial charge is 0.495 e. The average molecular weight is 447 g/mol. The van der Waals surface area contributed by atoms with E-state index in [4.69, 9.17) is 17.0 Å². The van der Waals surface area contributed by atoms with E-state index in [9.17, 15) is 5.11 Å². The molecule has 4 rings (SSSR count). The number of hydrogen-bond acceptors (Lipinski definition) is 3. The molecule has 1 fully saturated rings. The van der Waals surface area contributed by atoms with Gasteiger partial charge in [0.2, 0.25) is 0 Å². The van der Waals surface area contributed by atoms with E-state index in [1.807, 2.05) is 85.8 Å².